The Bertz CT molecular complexity index is 388. The van der Waals surface area contributed by atoms with Crippen molar-refractivity contribution in [2.45, 2.75) is 51.8 Å². The Morgan fingerprint density at radius 2 is 2.05 bits per heavy atom. The molecule has 0 aliphatic carbocycles. The second-order valence-electron chi connectivity index (χ2n) is 5.51. The van der Waals surface area contributed by atoms with Crippen molar-refractivity contribution in [3.8, 4) is 5.75 Å². The van der Waals surface area contributed by atoms with Crippen molar-refractivity contribution in [3.05, 3.63) is 29.8 Å². The predicted octanol–water partition coefficient (Wildman–Crippen LogP) is 4.02. The van der Waals surface area contributed by atoms with E-state index >= 15 is 0 Å². The van der Waals surface area contributed by atoms with Gasteiger partial charge in [0.15, 0.2) is 0 Å². The number of thioether (sulfide) groups is 1. The summed E-state index contributed by atoms with van der Waals surface area (Å²) in [6.07, 6.45) is 2.85. The maximum Gasteiger partial charge on any atom is 0.124 e. The van der Waals surface area contributed by atoms with Crippen LogP contribution in [0.1, 0.15) is 45.2 Å². The first-order valence-electron chi connectivity index (χ1n) is 7.26. The third kappa shape index (κ3) is 4.43. The van der Waals surface area contributed by atoms with E-state index in [1.807, 2.05) is 6.07 Å². The minimum Gasteiger partial charge on any atom is -0.491 e. The molecule has 2 nitrogen and oxygen atoms in total. The fourth-order valence-electron chi connectivity index (χ4n) is 2.52. The van der Waals surface area contributed by atoms with Crippen LogP contribution in [-0.4, -0.2) is 23.7 Å². The van der Waals surface area contributed by atoms with Gasteiger partial charge in [0, 0.05) is 23.4 Å². The molecule has 2 atom stereocenters. The van der Waals surface area contributed by atoms with Crippen LogP contribution in [0.2, 0.25) is 0 Å². The van der Waals surface area contributed by atoms with Crippen LogP contribution in [0, 0.1) is 0 Å². The number of para-hydroxylation sites is 1. The average Bonchev–Trinajstić information content (AvgIpc) is 2.39. The van der Waals surface area contributed by atoms with E-state index < -0.39 is 0 Å². The van der Waals surface area contributed by atoms with Crippen molar-refractivity contribution in [2.75, 3.05) is 11.5 Å². The van der Waals surface area contributed by atoms with Gasteiger partial charge in [-0.3, -0.25) is 0 Å². The van der Waals surface area contributed by atoms with Crippen molar-refractivity contribution in [1.29, 1.82) is 0 Å². The molecule has 0 amide bonds. The van der Waals surface area contributed by atoms with Crippen LogP contribution in [0.25, 0.3) is 0 Å². The largest absolute Gasteiger partial charge is 0.491 e. The SMILES string of the molecule is CC(C)Oc1ccccc1C(C)NC1CCCSC1. The molecule has 1 fully saturated rings. The van der Waals surface area contributed by atoms with E-state index in [2.05, 4.69) is 56.0 Å². The summed E-state index contributed by atoms with van der Waals surface area (Å²) in [5.74, 6) is 3.57. The van der Waals surface area contributed by atoms with E-state index in [-0.39, 0.29) is 6.10 Å². The summed E-state index contributed by atoms with van der Waals surface area (Å²) in [6, 6.07) is 9.37. The molecule has 1 aromatic carbocycles. The fraction of sp³-hybridized carbons (Fsp3) is 0.625. The van der Waals surface area contributed by atoms with E-state index in [4.69, 9.17) is 4.74 Å². The Hall–Kier alpha value is -0.670. The zero-order valence-corrected chi connectivity index (χ0v) is 13.0. The Morgan fingerprint density at radius 3 is 2.74 bits per heavy atom. The number of benzene rings is 1. The number of ether oxygens (including phenoxy) is 1. The molecule has 0 saturated carbocycles. The monoisotopic (exact) mass is 279 g/mol. The molecule has 2 unspecified atom stereocenters. The fourth-order valence-corrected chi connectivity index (χ4v) is 3.60. The number of rotatable bonds is 5. The van der Waals surface area contributed by atoms with Gasteiger partial charge in [-0.05, 0) is 45.4 Å². The van der Waals surface area contributed by atoms with Crippen LogP contribution in [-0.2, 0) is 0 Å². The first-order valence-corrected chi connectivity index (χ1v) is 8.41. The van der Waals surface area contributed by atoms with Crippen LogP contribution in [0.3, 0.4) is 0 Å². The van der Waals surface area contributed by atoms with Crippen LogP contribution in [0.5, 0.6) is 5.75 Å². The maximum atomic E-state index is 5.91. The van der Waals surface area contributed by atoms with Gasteiger partial charge in [-0.1, -0.05) is 18.2 Å². The molecule has 3 heteroatoms. The van der Waals surface area contributed by atoms with Gasteiger partial charge in [-0.15, -0.1) is 0 Å². The molecule has 0 bridgehead atoms. The van der Waals surface area contributed by atoms with Crippen molar-refractivity contribution in [1.82, 2.24) is 5.32 Å². The lowest BCUT2D eigenvalue weighted by Gasteiger charge is -2.27. The van der Waals surface area contributed by atoms with Gasteiger partial charge in [0.2, 0.25) is 0 Å². The van der Waals surface area contributed by atoms with Crippen LogP contribution >= 0.6 is 11.8 Å². The highest BCUT2D eigenvalue weighted by molar-refractivity contribution is 7.99. The molecule has 0 aromatic heterocycles. The minimum absolute atomic E-state index is 0.221. The molecule has 0 spiro atoms. The molecule has 1 aromatic rings. The molecule has 2 rings (SSSR count). The Morgan fingerprint density at radius 1 is 1.26 bits per heavy atom. The van der Waals surface area contributed by atoms with E-state index in [0.29, 0.717) is 12.1 Å². The molecule has 1 aliphatic heterocycles. The van der Waals surface area contributed by atoms with E-state index in [0.717, 1.165) is 5.75 Å². The van der Waals surface area contributed by atoms with Crippen molar-refractivity contribution < 1.29 is 4.74 Å². The van der Waals surface area contributed by atoms with Crippen molar-refractivity contribution in [3.63, 3.8) is 0 Å². The second-order valence-corrected chi connectivity index (χ2v) is 6.66. The smallest absolute Gasteiger partial charge is 0.124 e. The third-order valence-electron chi connectivity index (χ3n) is 3.39. The Balaban J connectivity index is 2.02. The topological polar surface area (TPSA) is 21.3 Å². The van der Waals surface area contributed by atoms with Crippen LogP contribution in [0.4, 0.5) is 0 Å². The molecule has 0 radical (unpaired) electrons. The summed E-state index contributed by atoms with van der Waals surface area (Å²) in [4.78, 5) is 0. The first-order chi connectivity index (χ1) is 9.16. The Kier molecular flexibility index (Phi) is 5.59. The van der Waals surface area contributed by atoms with E-state index in [1.165, 1.54) is 29.9 Å². The van der Waals surface area contributed by atoms with E-state index in [1.54, 1.807) is 0 Å². The molecule has 19 heavy (non-hydrogen) atoms. The first kappa shape index (κ1) is 14.7. The van der Waals surface area contributed by atoms with Crippen molar-refractivity contribution >= 4 is 11.8 Å². The highest BCUT2D eigenvalue weighted by atomic mass is 32.2. The Labute approximate surface area is 121 Å². The van der Waals surface area contributed by atoms with Crippen molar-refractivity contribution in [2.24, 2.45) is 0 Å². The molecule has 1 heterocycles. The number of nitrogens with one attached hydrogen (secondary N) is 1. The van der Waals surface area contributed by atoms with Gasteiger partial charge in [-0.25, -0.2) is 0 Å². The molecular formula is C16H25NOS. The number of hydrogen-bond acceptors (Lipinski definition) is 3. The highest BCUT2D eigenvalue weighted by Gasteiger charge is 2.18. The van der Waals surface area contributed by atoms with Gasteiger partial charge in [0.05, 0.1) is 6.10 Å². The lowest BCUT2D eigenvalue weighted by molar-refractivity contribution is 0.237. The highest BCUT2D eigenvalue weighted by Crippen LogP contribution is 2.27. The average molecular weight is 279 g/mol. The molecule has 1 saturated heterocycles. The summed E-state index contributed by atoms with van der Waals surface area (Å²) in [7, 11) is 0. The summed E-state index contributed by atoms with van der Waals surface area (Å²) in [5, 5.41) is 3.75. The number of hydrogen-bond donors (Lipinski definition) is 1. The van der Waals surface area contributed by atoms with Crippen LogP contribution < -0.4 is 10.1 Å². The second kappa shape index (κ2) is 7.20. The third-order valence-corrected chi connectivity index (χ3v) is 4.61. The molecule has 1 aliphatic rings. The van der Waals surface area contributed by atoms with Crippen LogP contribution in [0.15, 0.2) is 24.3 Å². The lowest BCUT2D eigenvalue weighted by Crippen LogP contribution is -2.35. The summed E-state index contributed by atoms with van der Waals surface area (Å²) in [6.45, 7) is 6.39. The van der Waals surface area contributed by atoms with Gasteiger partial charge in [0.25, 0.3) is 0 Å². The predicted molar refractivity (Wildman–Crippen MR) is 84.1 cm³/mol. The summed E-state index contributed by atoms with van der Waals surface area (Å²) >= 11 is 2.06. The van der Waals surface area contributed by atoms with Gasteiger partial charge >= 0.3 is 0 Å². The normalized spacial score (nSPS) is 21.4. The zero-order valence-electron chi connectivity index (χ0n) is 12.2. The maximum absolute atomic E-state index is 5.91. The van der Waals surface area contributed by atoms with Gasteiger partial charge in [0.1, 0.15) is 5.75 Å². The molecule has 106 valence electrons. The quantitative estimate of drug-likeness (QED) is 0.879. The standard InChI is InChI=1S/C16H25NOS/c1-12(2)18-16-9-5-4-8-15(16)13(3)17-14-7-6-10-19-11-14/h4-5,8-9,12-14,17H,6-7,10-11H2,1-3H3. The van der Waals surface area contributed by atoms with E-state index in [9.17, 15) is 0 Å². The van der Waals surface area contributed by atoms with Gasteiger partial charge in [-0.2, -0.15) is 11.8 Å². The van der Waals surface area contributed by atoms with Gasteiger partial charge < -0.3 is 10.1 Å². The zero-order chi connectivity index (χ0) is 13.7. The summed E-state index contributed by atoms with van der Waals surface area (Å²) in [5.41, 5.74) is 1.27. The minimum atomic E-state index is 0.221. The molecule has 1 N–H and O–H groups in total. The summed E-state index contributed by atoms with van der Waals surface area (Å²) < 4.78 is 5.91. The lowest BCUT2D eigenvalue weighted by atomic mass is 10.0. The molecular weight excluding hydrogens is 254 g/mol.